The molecule has 2 heteroatoms. The highest BCUT2D eigenvalue weighted by Gasteiger charge is 2.31. The molecule has 0 amide bonds. The Labute approximate surface area is 106 Å². The van der Waals surface area contributed by atoms with E-state index in [1.807, 2.05) is 0 Å². The molecule has 2 heterocycles. The first-order valence-corrected chi connectivity index (χ1v) is 7.79. The van der Waals surface area contributed by atoms with Crippen molar-refractivity contribution in [2.24, 2.45) is 11.8 Å². The Morgan fingerprint density at radius 2 is 1.88 bits per heavy atom. The summed E-state index contributed by atoms with van der Waals surface area (Å²) in [5, 5.41) is 0. The molecule has 2 aliphatic heterocycles. The molecule has 1 aliphatic carbocycles. The molecule has 0 aromatic rings. The van der Waals surface area contributed by atoms with Crippen LogP contribution in [0, 0.1) is 11.8 Å². The first-order chi connectivity index (χ1) is 8.33. The van der Waals surface area contributed by atoms with Crippen LogP contribution >= 0.6 is 0 Å². The molecule has 98 valence electrons. The van der Waals surface area contributed by atoms with E-state index < -0.39 is 0 Å². The number of rotatable bonds is 2. The summed E-state index contributed by atoms with van der Waals surface area (Å²) in [6.07, 6.45) is 8.82. The predicted molar refractivity (Wildman–Crippen MR) is 72.2 cm³/mol. The lowest BCUT2D eigenvalue weighted by Gasteiger charge is -2.45. The van der Waals surface area contributed by atoms with E-state index in [0.29, 0.717) is 0 Å². The zero-order chi connectivity index (χ0) is 11.7. The highest BCUT2D eigenvalue weighted by molar-refractivity contribution is 4.87. The number of nitrogens with zero attached hydrogens (tertiary/aromatic N) is 2. The van der Waals surface area contributed by atoms with E-state index in [0.717, 1.165) is 17.9 Å². The minimum absolute atomic E-state index is 0.897. The summed E-state index contributed by atoms with van der Waals surface area (Å²) >= 11 is 0. The highest BCUT2D eigenvalue weighted by Crippen LogP contribution is 2.32. The van der Waals surface area contributed by atoms with Gasteiger partial charge in [-0.2, -0.15) is 0 Å². The normalized spacial score (nSPS) is 40.4. The van der Waals surface area contributed by atoms with Crippen LogP contribution in [0.4, 0.5) is 0 Å². The average molecular weight is 236 g/mol. The van der Waals surface area contributed by atoms with Crippen LogP contribution in [-0.4, -0.2) is 48.6 Å². The second kappa shape index (κ2) is 5.27. The molecule has 0 N–H and O–H groups in total. The molecular formula is C15H28N2. The van der Waals surface area contributed by atoms with Crippen molar-refractivity contribution in [2.75, 3.05) is 32.7 Å². The van der Waals surface area contributed by atoms with E-state index in [1.165, 1.54) is 71.2 Å². The molecule has 0 spiro atoms. The van der Waals surface area contributed by atoms with Gasteiger partial charge in [-0.05, 0) is 37.6 Å². The van der Waals surface area contributed by atoms with Gasteiger partial charge < -0.3 is 4.90 Å². The minimum Gasteiger partial charge on any atom is -0.300 e. The molecule has 1 saturated carbocycles. The predicted octanol–water partition coefficient (Wildman–Crippen LogP) is 2.59. The van der Waals surface area contributed by atoms with Gasteiger partial charge in [0.2, 0.25) is 0 Å². The summed E-state index contributed by atoms with van der Waals surface area (Å²) in [6.45, 7) is 9.27. The topological polar surface area (TPSA) is 6.48 Å². The second-order valence-corrected chi connectivity index (χ2v) is 6.61. The molecular weight excluding hydrogens is 208 g/mol. The quantitative estimate of drug-likeness (QED) is 0.727. The van der Waals surface area contributed by atoms with Crippen LogP contribution in [0.2, 0.25) is 0 Å². The van der Waals surface area contributed by atoms with Crippen molar-refractivity contribution in [3.63, 3.8) is 0 Å². The van der Waals surface area contributed by atoms with Gasteiger partial charge in [-0.1, -0.05) is 26.2 Å². The van der Waals surface area contributed by atoms with Crippen LogP contribution in [0.1, 0.15) is 45.4 Å². The molecule has 3 atom stereocenters. The van der Waals surface area contributed by atoms with Crippen molar-refractivity contribution in [2.45, 2.75) is 51.5 Å². The number of piperazine rings is 1. The fourth-order valence-corrected chi connectivity index (χ4v) is 4.21. The zero-order valence-electron chi connectivity index (χ0n) is 11.4. The smallest absolute Gasteiger partial charge is 0.0223 e. The average Bonchev–Trinajstić information content (AvgIpc) is 2.75. The van der Waals surface area contributed by atoms with Gasteiger partial charge in [0, 0.05) is 32.2 Å². The molecule has 3 fully saturated rings. The van der Waals surface area contributed by atoms with Crippen molar-refractivity contribution in [1.82, 2.24) is 9.80 Å². The van der Waals surface area contributed by atoms with Crippen LogP contribution in [0.15, 0.2) is 0 Å². The summed E-state index contributed by atoms with van der Waals surface area (Å²) in [5.74, 6) is 1.99. The fourth-order valence-electron chi connectivity index (χ4n) is 4.21. The Morgan fingerprint density at radius 3 is 2.71 bits per heavy atom. The van der Waals surface area contributed by atoms with Crippen LogP contribution in [0.25, 0.3) is 0 Å². The van der Waals surface area contributed by atoms with Crippen molar-refractivity contribution in [3.8, 4) is 0 Å². The monoisotopic (exact) mass is 236 g/mol. The number of hydrogen-bond donors (Lipinski definition) is 0. The molecule has 3 rings (SSSR count). The third-order valence-corrected chi connectivity index (χ3v) is 5.45. The van der Waals surface area contributed by atoms with E-state index in [1.54, 1.807) is 0 Å². The van der Waals surface area contributed by atoms with Crippen LogP contribution in [-0.2, 0) is 0 Å². The molecule has 0 bridgehead atoms. The molecule has 2 nitrogen and oxygen atoms in total. The highest BCUT2D eigenvalue weighted by atomic mass is 15.3. The molecule has 0 aromatic carbocycles. The van der Waals surface area contributed by atoms with E-state index in [-0.39, 0.29) is 0 Å². The minimum atomic E-state index is 0.897. The lowest BCUT2D eigenvalue weighted by atomic mass is 9.95. The van der Waals surface area contributed by atoms with Crippen molar-refractivity contribution < 1.29 is 0 Å². The van der Waals surface area contributed by atoms with Gasteiger partial charge in [-0.3, -0.25) is 4.90 Å². The second-order valence-electron chi connectivity index (χ2n) is 6.61. The SMILES string of the molecule is CC1CCCC1CN1CCN2CCCCC2C1. The molecule has 3 aliphatic rings. The maximum atomic E-state index is 2.78. The number of fused-ring (bicyclic) bond motifs is 1. The lowest BCUT2D eigenvalue weighted by molar-refractivity contribution is 0.0392. The van der Waals surface area contributed by atoms with Gasteiger partial charge >= 0.3 is 0 Å². The Balaban J connectivity index is 1.51. The molecule has 17 heavy (non-hydrogen) atoms. The van der Waals surface area contributed by atoms with Crippen molar-refractivity contribution >= 4 is 0 Å². The zero-order valence-corrected chi connectivity index (χ0v) is 11.4. The fraction of sp³-hybridized carbons (Fsp3) is 1.00. The van der Waals surface area contributed by atoms with Gasteiger partial charge in [0.25, 0.3) is 0 Å². The van der Waals surface area contributed by atoms with Crippen LogP contribution < -0.4 is 0 Å². The number of hydrogen-bond acceptors (Lipinski definition) is 2. The summed E-state index contributed by atoms with van der Waals surface area (Å²) in [7, 11) is 0. The van der Waals surface area contributed by atoms with Crippen LogP contribution in [0.5, 0.6) is 0 Å². The van der Waals surface area contributed by atoms with Gasteiger partial charge in [0.05, 0.1) is 0 Å². The van der Waals surface area contributed by atoms with Crippen LogP contribution in [0.3, 0.4) is 0 Å². The first-order valence-electron chi connectivity index (χ1n) is 7.79. The molecule has 0 radical (unpaired) electrons. The van der Waals surface area contributed by atoms with E-state index in [9.17, 15) is 0 Å². The Kier molecular flexibility index (Phi) is 3.72. The number of piperidine rings is 1. The summed E-state index contributed by atoms with van der Waals surface area (Å²) in [6, 6.07) is 0.897. The van der Waals surface area contributed by atoms with Gasteiger partial charge in [-0.15, -0.1) is 0 Å². The van der Waals surface area contributed by atoms with Gasteiger partial charge in [-0.25, -0.2) is 0 Å². The summed E-state index contributed by atoms with van der Waals surface area (Å²) in [4.78, 5) is 5.52. The van der Waals surface area contributed by atoms with E-state index in [2.05, 4.69) is 16.7 Å². The van der Waals surface area contributed by atoms with Crippen molar-refractivity contribution in [3.05, 3.63) is 0 Å². The maximum Gasteiger partial charge on any atom is 0.0223 e. The van der Waals surface area contributed by atoms with E-state index in [4.69, 9.17) is 0 Å². The summed E-state index contributed by atoms with van der Waals surface area (Å²) < 4.78 is 0. The lowest BCUT2D eigenvalue weighted by Crippen LogP contribution is -2.55. The van der Waals surface area contributed by atoms with Crippen molar-refractivity contribution in [1.29, 1.82) is 0 Å². The molecule has 3 unspecified atom stereocenters. The third kappa shape index (κ3) is 2.68. The third-order valence-electron chi connectivity index (χ3n) is 5.45. The van der Waals surface area contributed by atoms with Gasteiger partial charge in [0.1, 0.15) is 0 Å². The summed E-state index contributed by atoms with van der Waals surface area (Å²) in [5.41, 5.74) is 0. The Morgan fingerprint density at radius 1 is 0.941 bits per heavy atom. The molecule has 2 saturated heterocycles. The standard InChI is InChI=1S/C15H28N2/c1-13-5-4-6-14(13)11-16-9-10-17-8-3-2-7-15(17)12-16/h13-15H,2-12H2,1H3. The molecule has 0 aromatic heterocycles. The Bertz CT molecular complexity index is 253. The first kappa shape index (κ1) is 12.0. The maximum absolute atomic E-state index is 2.78. The Hall–Kier alpha value is -0.0800. The largest absolute Gasteiger partial charge is 0.300 e. The van der Waals surface area contributed by atoms with Gasteiger partial charge in [0.15, 0.2) is 0 Å². The van der Waals surface area contributed by atoms with E-state index >= 15 is 0 Å².